The van der Waals surface area contributed by atoms with Crippen molar-refractivity contribution in [3.05, 3.63) is 77.5 Å². The monoisotopic (exact) mass is 324 g/mol. The van der Waals surface area contributed by atoms with E-state index < -0.39 is 0 Å². The Morgan fingerprint density at radius 2 is 1.76 bits per heavy atom. The standard InChI is InChI=1S/C21H16N4/c1-14-17-7-4-5-9-19(17)24-20(22-14)11-10-16-13-25-12-15-6-2-3-8-18(15)21(25)23-16/h2-11,13H,12H2,1H3. The fourth-order valence-electron chi connectivity index (χ4n) is 3.40. The van der Waals surface area contributed by atoms with Gasteiger partial charge in [-0.05, 0) is 30.7 Å². The van der Waals surface area contributed by atoms with Crippen molar-refractivity contribution < 1.29 is 0 Å². The van der Waals surface area contributed by atoms with E-state index in [1.807, 2.05) is 37.3 Å². The summed E-state index contributed by atoms with van der Waals surface area (Å²) in [6.07, 6.45) is 6.00. The lowest BCUT2D eigenvalue weighted by atomic mass is 10.1. The van der Waals surface area contributed by atoms with E-state index in [9.17, 15) is 0 Å². The molecular weight excluding hydrogens is 308 g/mol. The van der Waals surface area contributed by atoms with Gasteiger partial charge in [0.15, 0.2) is 5.82 Å². The highest BCUT2D eigenvalue weighted by atomic mass is 15.1. The third kappa shape index (κ3) is 2.34. The Bertz CT molecular complexity index is 1140. The molecule has 4 nitrogen and oxygen atoms in total. The van der Waals surface area contributed by atoms with Crippen molar-refractivity contribution in [1.82, 2.24) is 19.5 Å². The highest BCUT2D eigenvalue weighted by molar-refractivity contribution is 5.82. The lowest BCUT2D eigenvalue weighted by Crippen LogP contribution is -1.93. The molecule has 0 amide bonds. The topological polar surface area (TPSA) is 43.6 Å². The second-order valence-corrected chi connectivity index (χ2v) is 6.29. The minimum absolute atomic E-state index is 0.713. The molecule has 0 bridgehead atoms. The van der Waals surface area contributed by atoms with Crippen molar-refractivity contribution in [3.8, 4) is 11.4 Å². The van der Waals surface area contributed by atoms with Crippen LogP contribution in [0.4, 0.5) is 0 Å². The fraction of sp³-hybridized carbons (Fsp3) is 0.0952. The number of imidazole rings is 1. The van der Waals surface area contributed by atoms with Gasteiger partial charge in [0, 0.05) is 29.4 Å². The van der Waals surface area contributed by atoms with Gasteiger partial charge >= 0.3 is 0 Å². The summed E-state index contributed by atoms with van der Waals surface area (Å²) >= 11 is 0. The number of hydrogen-bond acceptors (Lipinski definition) is 3. The van der Waals surface area contributed by atoms with Gasteiger partial charge in [-0.3, -0.25) is 0 Å². The number of para-hydroxylation sites is 1. The molecule has 3 heterocycles. The van der Waals surface area contributed by atoms with E-state index >= 15 is 0 Å². The number of nitrogens with zero attached hydrogens (tertiary/aromatic N) is 4. The number of fused-ring (bicyclic) bond motifs is 4. The maximum Gasteiger partial charge on any atom is 0.152 e. The number of hydrogen-bond donors (Lipinski definition) is 0. The van der Waals surface area contributed by atoms with Gasteiger partial charge in [-0.25, -0.2) is 15.0 Å². The largest absolute Gasteiger partial charge is 0.326 e. The highest BCUT2D eigenvalue weighted by Crippen LogP contribution is 2.31. The predicted molar refractivity (Wildman–Crippen MR) is 100.0 cm³/mol. The average molecular weight is 324 g/mol. The van der Waals surface area contributed by atoms with E-state index in [0.29, 0.717) is 5.82 Å². The first-order valence-corrected chi connectivity index (χ1v) is 8.35. The molecule has 120 valence electrons. The van der Waals surface area contributed by atoms with Crippen LogP contribution in [0.3, 0.4) is 0 Å². The second-order valence-electron chi connectivity index (χ2n) is 6.29. The van der Waals surface area contributed by atoms with Gasteiger partial charge in [-0.15, -0.1) is 0 Å². The number of rotatable bonds is 2. The van der Waals surface area contributed by atoms with Gasteiger partial charge in [0.2, 0.25) is 0 Å². The SMILES string of the molecule is Cc1nc(C=Cc2cn3c(n2)-c2ccccc2C3)nc2ccccc12. The van der Waals surface area contributed by atoms with Crippen LogP contribution in [-0.2, 0) is 6.54 Å². The molecule has 1 aliphatic heterocycles. The minimum Gasteiger partial charge on any atom is -0.326 e. The molecule has 5 rings (SSSR count). The van der Waals surface area contributed by atoms with E-state index in [4.69, 9.17) is 4.98 Å². The van der Waals surface area contributed by atoms with Gasteiger partial charge in [0.1, 0.15) is 5.82 Å². The Morgan fingerprint density at radius 3 is 2.72 bits per heavy atom. The molecule has 0 fully saturated rings. The molecule has 0 aliphatic carbocycles. The highest BCUT2D eigenvalue weighted by Gasteiger charge is 2.19. The third-order valence-corrected chi connectivity index (χ3v) is 4.61. The first-order chi connectivity index (χ1) is 12.3. The van der Waals surface area contributed by atoms with Crippen LogP contribution in [0.2, 0.25) is 0 Å². The summed E-state index contributed by atoms with van der Waals surface area (Å²) in [5.74, 6) is 1.75. The number of aryl methyl sites for hydroxylation is 1. The van der Waals surface area contributed by atoms with Crippen molar-refractivity contribution in [2.75, 3.05) is 0 Å². The normalized spacial score (nSPS) is 12.7. The molecular formula is C21H16N4. The van der Waals surface area contributed by atoms with Crippen LogP contribution in [0.1, 0.15) is 22.8 Å². The van der Waals surface area contributed by atoms with Crippen LogP contribution < -0.4 is 0 Å². The van der Waals surface area contributed by atoms with E-state index in [-0.39, 0.29) is 0 Å². The second kappa shape index (κ2) is 5.38. The van der Waals surface area contributed by atoms with Crippen LogP contribution >= 0.6 is 0 Å². The molecule has 0 spiro atoms. The zero-order valence-electron chi connectivity index (χ0n) is 13.8. The molecule has 0 saturated heterocycles. The Kier molecular flexibility index (Phi) is 3.04. The lowest BCUT2D eigenvalue weighted by Gasteiger charge is -2.02. The summed E-state index contributed by atoms with van der Waals surface area (Å²) in [6.45, 7) is 2.90. The zero-order chi connectivity index (χ0) is 16.8. The van der Waals surface area contributed by atoms with Gasteiger partial charge in [-0.2, -0.15) is 0 Å². The Morgan fingerprint density at radius 1 is 0.920 bits per heavy atom. The average Bonchev–Trinajstić information content (AvgIpc) is 3.17. The van der Waals surface area contributed by atoms with E-state index in [0.717, 1.165) is 34.7 Å². The Hall–Kier alpha value is -3.27. The quantitative estimate of drug-likeness (QED) is 0.485. The van der Waals surface area contributed by atoms with Crippen molar-refractivity contribution >= 4 is 23.1 Å². The maximum absolute atomic E-state index is 4.75. The van der Waals surface area contributed by atoms with Crippen LogP contribution in [0.25, 0.3) is 34.4 Å². The molecule has 2 aromatic heterocycles. The molecule has 25 heavy (non-hydrogen) atoms. The van der Waals surface area contributed by atoms with Gasteiger partial charge in [0.05, 0.1) is 11.2 Å². The summed E-state index contributed by atoms with van der Waals surface area (Å²) in [5, 5.41) is 1.09. The Balaban J connectivity index is 1.49. The molecule has 2 aromatic carbocycles. The van der Waals surface area contributed by atoms with Crippen molar-refractivity contribution in [2.24, 2.45) is 0 Å². The van der Waals surface area contributed by atoms with E-state index in [1.54, 1.807) is 0 Å². The fourth-order valence-corrected chi connectivity index (χ4v) is 3.40. The van der Waals surface area contributed by atoms with E-state index in [1.165, 1.54) is 11.1 Å². The lowest BCUT2D eigenvalue weighted by molar-refractivity contribution is 0.847. The van der Waals surface area contributed by atoms with Crippen LogP contribution in [-0.4, -0.2) is 19.5 Å². The van der Waals surface area contributed by atoms with E-state index in [2.05, 4.69) is 51.1 Å². The minimum atomic E-state index is 0.713. The van der Waals surface area contributed by atoms with Crippen LogP contribution in [0.5, 0.6) is 0 Å². The van der Waals surface area contributed by atoms with Crippen molar-refractivity contribution in [3.63, 3.8) is 0 Å². The first kappa shape index (κ1) is 14.1. The molecule has 4 aromatic rings. The van der Waals surface area contributed by atoms with Crippen molar-refractivity contribution in [2.45, 2.75) is 13.5 Å². The summed E-state index contributed by atoms with van der Waals surface area (Å²) in [7, 11) is 0. The summed E-state index contributed by atoms with van der Waals surface area (Å²) < 4.78 is 2.19. The molecule has 4 heteroatoms. The first-order valence-electron chi connectivity index (χ1n) is 8.35. The van der Waals surface area contributed by atoms with Crippen LogP contribution in [0.15, 0.2) is 54.7 Å². The molecule has 0 N–H and O–H groups in total. The molecule has 0 saturated carbocycles. The number of benzene rings is 2. The maximum atomic E-state index is 4.75. The zero-order valence-corrected chi connectivity index (χ0v) is 13.8. The third-order valence-electron chi connectivity index (χ3n) is 4.61. The van der Waals surface area contributed by atoms with Crippen molar-refractivity contribution in [1.29, 1.82) is 0 Å². The molecule has 1 aliphatic rings. The Labute approximate surface area is 145 Å². The van der Waals surface area contributed by atoms with Gasteiger partial charge in [0.25, 0.3) is 0 Å². The summed E-state index contributed by atoms with van der Waals surface area (Å²) in [4.78, 5) is 14.0. The van der Waals surface area contributed by atoms with Crippen LogP contribution in [0, 0.1) is 6.92 Å². The van der Waals surface area contributed by atoms with Gasteiger partial charge < -0.3 is 4.57 Å². The summed E-state index contributed by atoms with van der Waals surface area (Å²) in [6, 6.07) is 16.5. The predicted octanol–water partition coefficient (Wildman–Crippen LogP) is 4.33. The molecule has 0 unspecified atom stereocenters. The van der Waals surface area contributed by atoms with Gasteiger partial charge in [-0.1, -0.05) is 42.5 Å². The molecule has 0 radical (unpaired) electrons. The molecule has 0 atom stereocenters. The number of aromatic nitrogens is 4. The summed E-state index contributed by atoms with van der Waals surface area (Å²) in [5.41, 5.74) is 5.44. The smallest absolute Gasteiger partial charge is 0.152 e.